The molecule has 2 aliphatic heterocycles. The van der Waals surface area contributed by atoms with Crippen LogP contribution in [0.15, 0.2) is 30.3 Å². The van der Waals surface area contributed by atoms with Gasteiger partial charge in [-0.2, -0.15) is 0 Å². The highest BCUT2D eigenvalue weighted by Crippen LogP contribution is 2.21. The van der Waals surface area contributed by atoms with Gasteiger partial charge in [0.15, 0.2) is 0 Å². The molecule has 1 aromatic rings. The van der Waals surface area contributed by atoms with Gasteiger partial charge in [0.2, 0.25) is 11.8 Å². The van der Waals surface area contributed by atoms with E-state index in [9.17, 15) is 9.59 Å². The summed E-state index contributed by atoms with van der Waals surface area (Å²) < 4.78 is 0. The molecule has 2 fully saturated rings. The third-order valence-electron chi connectivity index (χ3n) is 5.55. The average Bonchev–Trinajstić information content (AvgIpc) is 3.26. The lowest BCUT2D eigenvalue weighted by Gasteiger charge is -2.24. The van der Waals surface area contributed by atoms with Crippen molar-refractivity contribution in [3.63, 3.8) is 0 Å². The van der Waals surface area contributed by atoms with Crippen LogP contribution < -0.4 is 5.32 Å². The fraction of sp³-hybridized carbons (Fsp3) is 0.619. The van der Waals surface area contributed by atoms with Gasteiger partial charge in [-0.3, -0.25) is 14.5 Å². The molecule has 0 aliphatic carbocycles. The third-order valence-corrected chi connectivity index (χ3v) is 5.55. The van der Waals surface area contributed by atoms with Crippen LogP contribution in [0.5, 0.6) is 0 Å². The van der Waals surface area contributed by atoms with Crippen molar-refractivity contribution in [2.45, 2.75) is 51.0 Å². The molecule has 0 radical (unpaired) electrons. The maximum Gasteiger partial charge on any atom is 0.234 e. The van der Waals surface area contributed by atoms with Crippen molar-refractivity contribution in [1.29, 1.82) is 0 Å². The summed E-state index contributed by atoms with van der Waals surface area (Å²) in [6, 6.07) is 11.1. The van der Waals surface area contributed by atoms with Crippen molar-refractivity contribution >= 4 is 11.8 Å². The second kappa shape index (κ2) is 9.72. The molecule has 2 aliphatic rings. The Labute approximate surface area is 156 Å². The fourth-order valence-corrected chi connectivity index (χ4v) is 4.09. The number of carbonyl (C=O) groups is 2. The van der Waals surface area contributed by atoms with Crippen LogP contribution in [0.25, 0.3) is 0 Å². The van der Waals surface area contributed by atoms with E-state index in [2.05, 4.69) is 40.5 Å². The predicted octanol–water partition coefficient (Wildman–Crippen LogP) is 2.21. The molecule has 3 rings (SSSR count). The summed E-state index contributed by atoms with van der Waals surface area (Å²) >= 11 is 0. The van der Waals surface area contributed by atoms with Gasteiger partial charge in [-0.15, -0.1) is 0 Å². The molecule has 2 saturated heterocycles. The lowest BCUT2D eigenvalue weighted by atomic mass is 10.0. The average molecular weight is 357 g/mol. The lowest BCUT2D eigenvalue weighted by molar-refractivity contribution is -0.127. The summed E-state index contributed by atoms with van der Waals surface area (Å²) in [5.41, 5.74) is 1.38. The zero-order valence-electron chi connectivity index (χ0n) is 15.7. The van der Waals surface area contributed by atoms with Crippen molar-refractivity contribution in [3.8, 4) is 0 Å². The normalized spacial score (nSPS) is 20.7. The number of rotatable bonds is 9. The summed E-state index contributed by atoms with van der Waals surface area (Å²) in [7, 11) is 0. The molecule has 1 N–H and O–H groups in total. The van der Waals surface area contributed by atoms with Gasteiger partial charge >= 0.3 is 0 Å². The van der Waals surface area contributed by atoms with E-state index < -0.39 is 0 Å². The van der Waals surface area contributed by atoms with Crippen LogP contribution in [0.2, 0.25) is 0 Å². The number of aryl methyl sites for hydroxylation is 1. The minimum atomic E-state index is 0.115. The quantitative estimate of drug-likeness (QED) is 0.690. The number of carbonyl (C=O) groups excluding carboxylic acids is 2. The van der Waals surface area contributed by atoms with E-state index in [-0.39, 0.29) is 11.8 Å². The van der Waals surface area contributed by atoms with Gasteiger partial charge in [0.05, 0.1) is 6.54 Å². The van der Waals surface area contributed by atoms with Crippen molar-refractivity contribution in [2.75, 3.05) is 32.7 Å². The Balaban J connectivity index is 1.33. The molecule has 5 nitrogen and oxygen atoms in total. The van der Waals surface area contributed by atoms with E-state index in [1.807, 2.05) is 4.90 Å². The largest absolute Gasteiger partial charge is 0.355 e. The van der Waals surface area contributed by atoms with E-state index in [4.69, 9.17) is 0 Å². The topological polar surface area (TPSA) is 52.7 Å². The third kappa shape index (κ3) is 5.56. The Morgan fingerprint density at radius 1 is 1.15 bits per heavy atom. The Hall–Kier alpha value is -1.88. The molecule has 2 amide bonds. The highest BCUT2D eigenvalue weighted by molar-refractivity contribution is 5.78. The molecule has 1 unspecified atom stereocenters. The van der Waals surface area contributed by atoms with Crippen LogP contribution in [-0.4, -0.2) is 60.4 Å². The number of hydrogen-bond donors (Lipinski definition) is 1. The molecular weight excluding hydrogens is 326 g/mol. The maximum absolute atomic E-state index is 12.2. The van der Waals surface area contributed by atoms with Crippen LogP contribution in [0, 0.1) is 0 Å². The molecule has 2 heterocycles. The minimum absolute atomic E-state index is 0.115. The number of nitrogens with one attached hydrogen (secondary N) is 1. The monoisotopic (exact) mass is 357 g/mol. The van der Waals surface area contributed by atoms with Crippen molar-refractivity contribution in [1.82, 2.24) is 15.1 Å². The first kappa shape index (κ1) is 18.9. The zero-order chi connectivity index (χ0) is 18.2. The Bertz CT molecular complexity index is 590. The second-order valence-electron chi connectivity index (χ2n) is 7.48. The molecule has 1 aromatic carbocycles. The van der Waals surface area contributed by atoms with Crippen LogP contribution >= 0.6 is 0 Å². The van der Waals surface area contributed by atoms with E-state index >= 15 is 0 Å². The Morgan fingerprint density at radius 3 is 2.77 bits per heavy atom. The first-order chi connectivity index (χ1) is 12.7. The highest BCUT2D eigenvalue weighted by atomic mass is 16.2. The van der Waals surface area contributed by atoms with Gasteiger partial charge in [-0.1, -0.05) is 30.3 Å². The summed E-state index contributed by atoms with van der Waals surface area (Å²) in [6.07, 6.45) is 7.08. The van der Waals surface area contributed by atoms with Gasteiger partial charge < -0.3 is 10.2 Å². The molecule has 0 bridgehead atoms. The molecule has 1 atom stereocenters. The van der Waals surface area contributed by atoms with Crippen LogP contribution in [0.1, 0.15) is 44.1 Å². The number of hydrogen-bond acceptors (Lipinski definition) is 3. The van der Waals surface area contributed by atoms with Crippen molar-refractivity contribution in [3.05, 3.63) is 35.9 Å². The summed E-state index contributed by atoms with van der Waals surface area (Å²) in [5.74, 6) is 0.374. The fourth-order valence-electron chi connectivity index (χ4n) is 4.09. The number of benzene rings is 1. The molecule has 0 aromatic heterocycles. The molecule has 5 heteroatoms. The number of nitrogens with zero attached hydrogens (tertiary/aromatic N) is 2. The SMILES string of the molecule is O=C(CN1CCCC1CCc1ccccc1)NCCCN1CCCC1=O. The van der Waals surface area contributed by atoms with Crippen LogP contribution in [0.3, 0.4) is 0 Å². The van der Waals surface area contributed by atoms with Gasteiger partial charge in [0.1, 0.15) is 0 Å². The molecule has 0 saturated carbocycles. The van der Waals surface area contributed by atoms with E-state index in [0.29, 0.717) is 25.6 Å². The van der Waals surface area contributed by atoms with Gasteiger partial charge in [0, 0.05) is 32.1 Å². The summed E-state index contributed by atoms with van der Waals surface area (Å²) in [4.78, 5) is 28.1. The smallest absolute Gasteiger partial charge is 0.234 e. The van der Waals surface area contributed by atoms with Gasteiger partial charge in [-0.05, 0) is 50.6 Å². The molecule has 0 spiro atoms. The minimum Gasteiger partial charge on any atom is -0.355 e. The Kier molecular flexibility index (Phi) is 7.06. The molecule has 26 heavy (non-hydrogen) atoms. The summed E-state index contributed by atoms with van der Waals surface area (Å²) in [6.45, 7) is 3.83. The first-order valence-electron chi connectivity index (χ1n) is 10.0. The molecular formula is C21H31N3O2. The van der Waals surface area contributed by atoms with Gasteiger partial charge in [-0.25, -0.2) is 0 Å². The van der Waals surface area contributed by atoms with Crippen molar-refractivity contribution < 1.29 is 9.59 Å². The Morgan fingerprint density at radius 2 is 2.00 bits per heavy atom. The number of amides is 2. The van der Waals surface area contributed by atoms with E-state index in [0.717, 1.165) is 45.3 Å². The zero-order valence-corrected chi connectivity index (χ0v) is 15.7. The standard InChI is InChI=1S/C21H31N3O2/c25-20(22-13-6-16-23-14-5-10-21(23)26)17-24-15-4-9-19(24)12-11-18-7-2-1-3-8-18/h1-3,7-8,19H,4-6,9-17H2,(H,22,25). The van der Waals surface area contributed by atoms with Crippen LogP contribution in [-0.2, 0) is 16.0 Å². The van der Waals surface area contributed by atoms with Crippen LogP contribution in [0.4, 0.5) is 0 Å². The van der Waals surface area contributed by atoms with Crippen molar-refractivity contribution in [2.24, 2.45) is 0 Å². The molecule has 142 valence electrons. The predicted molar refractivity (Wildman–Crippen MR) is 103 cm³/mol. The summed E-state index contributed by atoms with van der Waals surface area (Å²) in [5, 5.41) is 3.02. The van der Waals surface area contributed by atoms with E-state index in [1.54, 1.807) is 0 Å². The maximum atomic E-state index is 12.2. The van der Waals surface area contributed by atoms with Gasteiger partial charge in [0.25, 0.3) is 0 Å². The lowest BCUT2D eigenvalue weighted by Crippen LogP contribution is -2.40. The number of likely N-dealkylation sites (tertiary alicyclic amines) is 2. The second-order valence-corrected chi connectivity index (χ2v) is 7.48. The highest BCUT2D eigenvalue weighted by Gasteiger charge is 2.25. The van der Waals surface area contributed by atoms with E-state index in [1.165, 1.54) is 18.4 Å². The first-order valence-corrected chi connectivity index (χ1v) is 10.0.